The quantitative estimate of drug-likeness (QED) is 0.287. The summed E-state index contributed by atoms with van der Waals surface area (Å²) in [5, 5.41) is 2.55. The van der Waals surface area contributed by atoms with E-state index in [1.54, 1.807) is 0 Å². The first kappa shape index (κ1) is 23.8. The van der Waals surface area contributed by atoms with Gasteiger partial charge in [0.25, 0.3) is 0 Å². The smallest absolute Gasteiger partial charge is 0.157 e. The van der Waals surface area contributed by atoms with Crippen molar-refractivity contribution in [3.05, 3.63) is 83.9 Å². The van der Waals surface area contributed by atoms with Crippen LogP contribution in [0.1, 0.15) is 44.2 Å². The molecule has 0 spiro atoms. The molecule has 0 radical (unpaired) electrons. The SMILES string of the molecule is CCCCn1c2ccccc2c2ccc(C(C)(C(=O)CCc3ccccc3)N3CCOCC3)cc21. The minimum Gasteiger partial charge on any atom is -0.379 e. The van der Waals surface area contributed by atoms with Gasteiger partial charge in [-0.3, -0.25) is 9.69 Å². The fourth-order valence-electron chi connectivity index (χ4n) is 5.59. The first-order chi connectivity index (χ1) is 17.1. The Bertz CT molecular complexity index is 1300. The van der Waals surface area contributed by atoms with Crippen LogP contribution in [0.4, 0.5) is 0 Å². The topological polar surface area (TPSA) is 34.5 Å². The minimum atomic E-state index is -0.682. The first-order valence-corrected chi connectivity index (χ1v) is 13.0. The summed E-state index contributed by atoms with van der Waals surface area (Å²) in [5.41, 5.74) is 4.12. The molecule has 1 aliphatic heterocycles. The van der Waals surface area contributed by atoms with E-state index in [1.807, 2.05) is 18.2 Å². The second-order valence-corrected chi connectivity index (χ2v) is 9.83. The second kappa shape index (κ2) is 10.3. The fraction of sp³-hybridized carbons (Fsp3) is 0.387. The number of aromatic nitrogens is 1. The molecule has 1 fully saturated rings. The number of ketones is 1. The van der Waals surface area contributed by atoms with Gasteiger partial charge in [-0.1, -0.05) is 74.0 Å². The van der Waals surface area contributed by atoms with Gasteiger partial charge in [0.15, 0.2) is 5.78 Å². The lowest BCUT2D eigenvalue weighted by Gasteiger charge is -2.42. The number of rotatable bonds is 9. The zero-order valence-electron chi connectivity index (χ0n) is 21.0. The molecule has 182 valence electrons. The van der Waals surface area contributed by atoms with Crippen LogP contribution in [0.5, 0.6) is 0 Å². The zero-order valence-corrected chi connectivity index (χ0v) is 21.0. The molecule has 0 amide bonds. The maximum atomic E-state index is 14.0. The molecule has 0 saturated carbocycles. The molecule has 2 heterocycles. The van der Waals surface area contributed by atoms with Crippen molar-refractivity contribution in [2.24, 2.45) is 0 Å². The van der Waals surface area contributed by atoms with Crippen LogP contribution < -0.4 is 0 Å². The van der Waals surface area contributed by atoms with Gasteiger partial charge in [-0.25, -0.2) is 0 Å². The van der Waals surface area contributed by atoms with Gasteiger partial charge in [0.05, 0.1) is 13.2 Å². The number of benzene rings is 3. The standard InChI is InChI=1S/C31H36N2O2/c1-3-4-18-33-28-13-9-8-12-26(28)27-16-15-25(23-29(27)33)31(2,32-19-21-35-22-20-32)30(34)17-14-24-10-6-5-7-11-24/h5-13,15-16,23H,3-4,14,17-22H2,1-2H3. The number of fused-ring (bicyclic) bond motifs is 3. The highest BCUT2D eigenvalue weighted by Gasteiger charge is 2.41. The van der Waals surface area contributed by atoms with Gasteiger partial charge < -0.3 is 9.30 Å². The number of aryl methyl sites for hydroxylation is 2. The monoisotopic (exact) mass is 468 g/mol. The lowest BCUT2D eigenvalue weighted by Crippen LogP contribution is -2.54. The summed E-state index contributed by atoms with van der Waals surface area (Å²) in [6.45, 7) is 8.22. The van der Waals surface area contributed by atoms with Crippen molar-refractivity contribution in [1.29, 1.82) is 0 Å². The molecule has 4 nitrogen and oxygen atoms in total. The van der Waals surface area contributed by atoms with E-state index in [2.05, 4.69) is 77.9 Å². The Balaban J connectivity index is 1.58. The average molecular weight is 469 g/mol. The Hall–Kier alpha value is -2.95. The third-order valence-electron chi connectivity index (χ3n) is 7.74. The number of unbranched alkanes of at least 4 members (excludes halogenated alkanes) is 1. The number of para-hydroxylation sites is 1. The van der Waals surface area contributed by atoms with Crippen LogP contribution in [0.15, 0.2) is 72.8 Å². The lowest BCUT2D eigenvalue weighted by atomic mass is 9.82. The lowest BCUT2D eigenvalue weighted by molar-refractivity contribution is -0.134. The molecule has 4 heteroatoms. The van der Waals surface area contributed by atoms with Crippen molar-refractivity contribution < 1.29 is 9.53 Å². The van der Waals surface area contributed by atoms with E-state index < -0.39 is 5.54 Å². The van der Waals surface area contributed by atoms with Gasteiger partial charge in [0.2, 0.25) is 0 Å². The summed E-state index contributed by atoms with van der Waals surface area (Å²) < 4.78 is 8.11. The van der Waals surface area contributed by atoms with Gasteiger partial charge in [-0.15, -0.1) is 0 Å². The number of hydrogen-bond donors (Lipinski definition) is 0. The summed E-state index contributed by atoms with van der Waals surface area (Å²) in [7, 11) is 0. The molecule has 1 saturated heterocycles. The van der Waals surface area contributed by atoms with Crippen molar-refractivity contribution >= 4 is 27.6 Å². The van der Waals surface area contributed by atoms with Crippen LogP contribution in [0.25, 0.3) is 21.8 Å². The Morgan fingerprint density at radius 3 is 2.40 bits per heavy atom. The van der Waals surface area contributed by atoms with Crippen LogP contribution in [0, 0.1) is 0 Å². The van der Waals surface area contributed by atoms with Gasteiger partial charge in [0, 0.05) is 47.9 Å². The van der Waals surface area contributed by atoms with E-state index in [-0.39, 0.29) is 5.78 Å². The summed E-state index contributed by atoms with van der Waals surface area (Å²) in [6, 6.07) is 25.7. The molecule has 35 heavy (non-hydrogen) atoms. The summed E-state index contributed by atoms with van der Waals surface area (Å²) in [6.07, 6.45) is 3.57. The molecule has 0 bridgehead atoms. The predicted molar refractivity (Wildman–Crippen MR) is 144 cm³/mol. The third-order valence-corrected chi connectivity index (χ3v) is 7.74. The van der Waals surface area contributed by atoms with Crippen molar-refractivity contribution in [3.8, 4) is 0 Å². The van der Waals surface area contributed by atoms with Crippen LogP contribution >= 0.6 is 0 Å². The van der Waals surface area contributed by atoms with Gasteiger partial charge in [-0.2, -0.15) is 0 Å². The molecular formula is C31H36N2O2. The largest absolute Gasteiger partial charge is 0.379 e. The van der Waals surface area contributed by atoms with Gasteiger partial charge in [-0.05, 0) is 43.0 Å². The number of carbonyl (C=O) groups is 1. The molecular weight excluding hydrogens is 432 g/mol. The number of nitrogens with zero attached hydrogens (tertiary/aromatic N) is 2. The molecule has 4 aromatic rings. The Morgan fingerprint density at radius 2 is 1.63 bits per heavy atom. The molecule has 1 atom stereocenters. The normalized spacial score (nSPS) is 16.5. The van der Waals surface area contributed by atoms with Crippen molar-refractivity contribution in [2.45, 2.75) is 51.6 Å². The summed E-state index contributed by atoms with van der Waals surface area (Å²) >= 11 is 0. The van der Waals surface area contributed by atoms with Crippen molar-refractivity contribution in [2.75, 3.05) is 26.3 Å². The molecule has 1 unspecified atom stereocenters. The Kier molecular flexibility index (Phi) is 7.03. The fourth-order valence-corrected chi connectivity index (χ4v) is 5.59. The van der Waals surface area contributed by atoms with E-state index in [1.165, 1.54) is 27.4 Å². The number of hydrogen-bond acceptors (Lipinski definition) is 3. The highest BCUT2D eigenvalue weighted by Crippen LogP contribution is 2.37. The second-order valence-electron chi connectivity index (χ2n) is 9.83. The van der Waals surface area contributed by atoms with E-state index in [0.717, 1.165) is 44.5 Å². The number of ether oxygens (including phenoxy) is 1. The van der Waals surface area contributed by atoms with Crippen LogP contribution in [-0.4, -0.2) is 41.6 Å². The Morgan fingerprint density at radius 1 is 0.914 bits per heavy atom. The third kappa shape index (κ3) is 4.53. The predicted octanol–water partition coefficient (Wildman–Crippen LogP) is 6.34. The van der Waals surface area contributed by atoms with Gasteiger partial charge >= 0.3 is 0 Å². The number of Topliss-reactive ketones (excluding diaryl/α,β-unsaturated/α-hetero) is 1. The van der Waals surface area contributed by atoms with Crippen LogP contribution in [0.3, 0.4) is 0 Å². The average Bonchev–Trinajstić information content (AvgIpc) is 3.24. The van der Waals surface area contributed by atoms with E-state index in [9.17, 15) is 4.79 Å². The highest BCUT2D eigenvalue weighted by atomic mass is 16.5. The first-order valence-electron chi connectivity index (χ1n) is 13.0. The van der Waals surface area contributed by atoms with Crippen LogP contribution in [-0.2, 0) is 28.0 Å². The van der Waals surface area contributed by atoms with Gasteiger partial charge in [0.1, 0.15) is 5.54 Å². The van der Waals surface area contributed by atoms with Crippen molar-refractivity contribution in [1.82, 2.24) is 9.47 Å². The van der Waals surface area contributed by atoms with E-state index in [4.69, 9.17) is 4.74 Å². The number of carbonyl (C=O) groups excluding carboxylic acids is 1. The highest BCUT2D eigenvalue weighted by molar-refractivity contribution is 6.08. The van der Waals surface area contributed by atoms with Crippen LogP contribution in [0.2, 0.25) is 0 Å². The number of morpholine rings is 1. The maximum Gasteiger partial charge on any atom is 0.157 e. The summed E-state index contributed by atoms with van der Waals surface area (Å²) in [5.74, 6) is 0.277. The molecule has 1 aromatic heterocycles. The maximum absolute atomic E-state index is 14.0. The molecule has 0 aliphatic carbocycles. The molecule has 5 rings (SSSR count). The Labute approximate surface area is 208 Å². The van der Waals surface area contributed by atoms with E-state index >= 15 is 0 Å². The van der Waals surface area contributed by atoms with Crippen molar-refractivity contribution in [3.63, 3.8) is 0 Å². The molecule has 1 aliphatic rings. The summed E-state index contributed by atoms with van der Waals surface area (Å²) in [4.78, 5) is 16.4. The minimum absolute atomic E-state index is 0.277. The van der Waals surface area contributed by atoms with E-state index in [0.29, 0.717) is 19.6 Å². The molecule has 0 N–H and O–H groups in total. The molecule has 3 aromatic carbocycles. The zero-order chi connectivity index (χ0) is 24.3.